The molecular weight excluding hydrogens is 448 g/mol. The van der Waals surface area contributed by atoms with Crippen LogP contribution in [-0.2, 0) is 0 Å². The second-order valence-corrected chi connectivity index (χ2v) is 2.89. The van der Waals surface area contributed by atoms with Gasteiger partial charge in [0.25, 0.3) is 0 Å². The first-order valence-electron chi connectivity index (χ1n) is 5.00. The Morgan fingerprint density at radius 3 is 0.647 bits per heavy atom. The molecule has 17 heavy (non-hydrogen) atoms. The summed E-state index contributed by atoms with van der Waals surface area (Å²) in [6.45, 7) is 0. The van der Waals surface area contributed by atoms with E-state index in [1.807, 2.05) is 91.0 Å². The van der Waals surface area contributed by atoms with E-state index in [9.17, 15) is 0 Å². The molecule has 0 radical (unpaired) electrons. The first kappa shape index (κ1) is 19.0. The van der Waals surface area contributed by atoms with Crippen molar-refractivity contribution in [3.63, 3.8) is 0 Å². The van der Waals surface area contributed by atoms with E-state index in [4.69, 9.17) is 0 Å². The van der Waals surface area contributed by atoms with Gasteiger partial charge >= 0.3 is 39.9 Å². The molecule has 2 heteroatoms. The van der Waals surface area contributed by atoms with Crippen molar-refractivity contribution in [1.29, 1.82) is 0 Å². The maximum Gasteiger partial charge on any atom is 4.00 e. The smallest absolute Gasteiger partial charge is 1.00 e. The molecule has 0 aliphatic heterocycles. The van der Waals surface area contributed by atoms with Gasteiger partial charge in [0.2, 0.25) is 0 Å². The van der Waals surface area contributed by atoms with Crippen molar-refractivity contribution < 1.29 is 52.3 Å². The quantitative estimate of drug-likeness (QED) is 0.441. The average molecular weight is 463 g/mol. The van der Waals surface area contributed by atoms with Crippen LogP contribution in [0, 0.1) is 39.9 Å². The Kier molecular flexibility index (Phi) is 17.5. The molecule has 3 aromatic carbocycles. The summed E-state index contributed by atoms with van der Waals surface area (Å²) in [5.41, 5.74) is 0. The van der Waals surface area contributed by atoms with Gasteiger partial charge in [0, 0.05) is 0 Å². The van der Waals surface area contributed by atoms with Crippen molar-refractivity contribution in [2.75, 3.05) is 0 Å². The van der Waals surface area contributed by atoms with Gasteiger partial charge in [0.1, 0.15) is 0 Å². The number of hydrogen-bond acceptors (Lipinski definition) is 0. The van der Waals surface area contributed by atoms with Gasteiger partial charge in [-0.3, -0.25) is 0 Å². The molecule has 0 amide bonds. The van der Waals surface area contributed by atoms with E-state index in [1.165, 1.54) is 0 Å². The zero-order valence-electron chi connectivity index (χ0n) is 9.54. The van der Waals surface area contributed by atoms with Crippen molar-refractivity contribution in [2.24, 2.45) is 0 Å². The minimum absolute atomic E-state index is 0. The molecule has 3 rings (SSSR count). The van der Waals surface area contributed by atoms with E-state index < -0.39 is 0 Å². The zero-order valence-corrected chi connectivity index (χ0v) is 14.4. The maximum atomic E-state index is 2.00. The third-order valence-corrected chi connectivity index (χ3v) is 1.67. The van der Waals surface area contributed by atoms with Gasteiger partial charge in [0.05, 0.1) is 0 Å². The van der Waals surface area contributed by atoms with Gasteiger partial charge in [0.15, 0.2) is 0 Å². The van der Waals surface area contributed by atoms with Gasteiger partial charge < -0.3 is 12.4 Å². The summed E-state index contributed by atoms with van der Waals surface area (Å²) in [6, 6.07) is 30.0. The standard InChI is InChI=1S/3C5H5.ClH.Th/c3*1-2-4-5-3-1;;/h3*1-5H;1H;/q3*-1;;+4/p-1. The van der Waals surface area contributed by atoms with Crippen molar-refractivity contribution in [3.8, 4) is 0 Å². The van der Waals surface area contributed by atoms with Crippen molar-refractivity contribution in [1.82, 2.24) is 0 Å². The summed E-state index contributed by atoms with van der Waals surface area (Å²) in [5.74, 6) is 0. The molecule has 0 N–H and O–H groups in total. The summed E-state index contributed by atoms with van der Waals surface area (Å²) < 4.78 is 0. The molecule has 0 saturated heterocycles. The molecule has 0 atom stereocenters. The van der Waals surface area contributed by atoms with Crippen LogP contribution < -0.4 is 12.4 Å². The van der Waals surface area contributed by atoms with Gasteiger partial charge in [-0.15, -0.1) is 0 Å². The molecule has 0 aromatic heterocycles. The van der Waals surface area contributed by atoms with Crippen LogP contribution in [0.1, 0.15) is 0 Å². The summed E-state index contributed by atoms with van der Waals surface area (Å²) in [6.07, 6.45) is 0. The van der Waals surface area contributed by atoms with Crippen molar-refractivity contribution in [2.45, 2.75) is 0 Å². The first-order chi connectivity index (χ1) is 7.50. The topological polar surface area (TPSA) is 0 Å². The molecule has 0 nitrogen and oxygen atoms in total. The molecule has 86 valence electrons. The minimum Gasteiger partial charge on any atom is -1.00 e. The second kappa shape index (κ2) is 15.7. The molecule has 0 saturated carbocycles. The molecule has 0 unspecified atom stereocenters. The minimum atomic E-state index is 0. The van der Waals surface area contributed by atoms with Gasteiger partial charge in [-0.1, -0.05) is 0 Å². The van der Waals surface area contributed by atoms with Crippen LogP contribution in [0.5, 0.6) is 0 Å². The molecule has 0 bridgehead atoms. The van der Waals surface area contributed by atoms with Crippen LogP contribution in [0.25, 0.3) is 0 Å². The Morgan fingerprint density at radius 1 is 0.412 bits per heavy atom. The Morgan fingerprint density at radius 2 is 0.588 bits per heavy atom. The van der Waals surface area contributed by atoms with Gasteiger partial charge in [-0.2, -0.15) is 54.6 Å². The summed E-state index contributed by atoms with van der Waals surface area (Å²) in [7, 11) is 0. The molecule has 0 fully saturated rings. The maximum absolute atomic E-state index is 2.00. The number of rotatable bonds is 0. The fourth-order valence-corrected chi connectivity index (χ4v) is 0.962. The third kappa shape index (κ3) is 13.6. The average Bonchev–Trinajstić information content (AvgIpc) is 3.09. The van der Waals surface area contributed by atoms with E-state index in [0.717, 1.165) is 0 Å². The predicted molar refractivity (Wildman–Crippen MR) is 66.1 cm³/mol. The Hall–Kier alpha value is -0.335. The molecule has 3 aromatic rings. The van der Waals surface area contributed by atoms with E-state index >= 15 is 0 Å². The van der Waals surface area contributed by atoms with Gasteiger partial charge in [-0.25, -0.2) is 36.4 Å². The Labute approximate surface area is 142 Å². The molecule has 0 spiro atoms. The summed E-state index contributed by atoms with van der Waals surface area (Å²) in [4.78, 5) is 0. The normalized spacial score (nSPS) is 7.06. The monoisotopic (exact) mass is 462 g/mol. The number of halogens is 1. The Balaban J connectivity index is 0. The largest absolute Gasteiger partial charge is 4.00 e. The molecule has 0 heterocycles. The molecular formula is C15H15ClTh. The fraction of sp³-hybridized carbons (Fsp3) is 0. The third-order valence-electron chi connectivity index (χ3n) is 1.67. The van der Waals surface area contributed by atoms with Crippen LogP contribution >= 0.6 is 0 Å². The fourth-order valence-electron chi connectivity index (χ4n) is 0.962. The van der Waals surface area contributed by atoms with E-state index in [-0.39, 0.29) is 52.3 Å². The molecule has 0 aliphatic carbocycles. The van der Waals surface area contributed by atoms with Crippen LogP contribution in [0.4, 0.5) is 0 Å². The first-order valence-corrected chi connectivity index (χ1v) is 5.00. The summed E-state index contributed by atoms with van der Waals surface area (Å²) in [5, 5.41) is 0. The van der Waals surface area contributed by atoms with Gasteiger partial charge in [-0.05, 0) is 0 Å². The Bertz CT molecular complexity index is 243. The van der Waals surface area contributed by atoms with Crippen molar-refractivity contribution in [3.05, 3.63) is 91.0 Å². The van der Waals surface area contributed by atoms with Crippen LogP contribution in [0.3, 0.4) is 0 Å². The predicted octanol–water partition coefficient (Wildman–Crippen LogP) is 1.22. The second-order valence-electron chi connectivity index (χ2n) is 2.89. The van der Waals surface area contributed by atoms with E-state index in [0.29, 0.717) is 0 Å². The van der Waals surface area contributed by atoms with E-state index in [1.54, 1.807) is 0 Å². The zero-order chi connectivity index (χ0) is 10.6. The van der Waals surface area contributed by atoms with Crippen LogP contribution in [-0.4, -0.2) is 0 Å². The summed E-state index contributed by atoms with van der Waals surface area (Å²) >= 11 is 0. The SMILES string of the molecule is [Cl-].[Th+4].c1cc[cH-]c1.c1cc[cH-]c1.c1cc[cH-]c1. The van der Waals surface area contributed by atoms with E-state index in [2.05, 4.69) is 0 Å². The van der Waals surface area contributed by atoms with Crippen molar-refractivity contribution >= 4 is 0 Å². The molecule has 0 aliphatic rings. The van der Waals surface area contributed by atoms with Crippen LogP contribution in [0.15, 0.2) is 91.0 Å². The van der Waals surface area contributed by atoms with Crippen LogP contribution in [0.2, 0.25) is 0 Å². The number of hydrogen-bond donors (Lipinski definition) is 0.